The summed E-state index contributed by atoms with van der Waals surface area (Å²) in [6.45, 7) is 0. The number of benzene rings is 2. The summed E-state index contributed by atoms with van der Waals surface area (Å²) in [5, 5.41) is 20.8. The van der Waals surface area contributed by atoms with Gasteiger partial charge in [0.15, 0.2) is 0 Å². The van der Waals surface area contributed by atoms with Crippen molar-refractivity contribution in [2.45, 2.75) is 24.0 Å². The van der Waals surface area contributed by atoms with Crippen molar-refractivity contribution >= 4 is 0 Å². The first-order valence-electron chi connectivity index (χ1n) is 6.85. The Balaban J connectivity index is 2.00. The highest BCUT2D eigenvalue weighted by Gasteiger charge is 2.48. The SMILES string of the molecule is COc1ccc2c(c1)[C@@H]1c3ccccc3[C@H]2[C@@H](O)[C@H]1O. The average Bonchev–Trinajstić information content (AvgIpc) is 2.49. The molecule has 0 aromatic heterocycles. The quantitative estimate of drug-likeness (QED) is 0.832. The Hall–Kier alpha value is -1.84. The second-order valence-corrected chi connectivity index (χ2v) is 5.56. The highest BCUT2D eigenvalue weighted by molar-refractivity contribution is 5.59. The average molecular weight is 268 g/mol. The Morgan fingerprint density at radius 2 is 1.35 bits per heavy atom. The predicted molar refractivity (Wildman–Crippen MR) is 75.1 cm³/mol. The van der Waals surface area contributed by atoms with Crippen molar-refractivity contribution in [1.29, 1.82) is 0 Å². The Kier molecular flexibility index (Phi) is 2.43. The summed E-state index contributed by atoms with van der Waals surface area (Å²) >= 11 is 0. The van der Waals surface area contributed by atoms with Crippen molar-refractivity contribution in [3.63, 3.8) is 0 Å². The summed E-state index contributed by atoms with van der Waals surface area (Å²) in [7, 11) is 1.64. The minimum atomic E-state index is -0.755. The maximum Gasteiger partial charge on any atom is 0.119 e. The summed E-state index contributed by atoms with van der Waals surface area (Å²) in [6.07, 6.45) is -1.50. The van der Waals surface area contributed by atoms with Crippen LogP contribution in [0.5, 0.6) is 5.75 Å². The first kappa shape index (κ1) is 11.9. The molecule has 0 unspecified atom stereocenters. The van der Waals surface area contributed by atoms with E-state index in [9.17, 15) is 10.2 Å². The first-order valence-corrected chi connectivity index (χ1v) is 6.85. The van der Waals surface area contributed by atoms with Crippen molar-refractivity contribution < 1.29 is 14.9 Å². The highest BCUT2D eigenvalue weighted by atomic mass is 16.5. The van der Waals surface area contributed by atoms with Crippen molar-refractivity contribution in [1.82, 2.24) is 0 Å². The van der Waals surface area contributed by atoms with Crippen LogP contribution in [0.3, 0.4) is 0 Å². The van der Waals surface area contributed by atoms with Crippen molar-refractivity contribution in [2.24, 2.45) is 0 Å². The van der Waals surface area contributed by atoms with Crippen molar-refractivity contribution in [3.8, 4) is 5.75 Å². The predicted octanol–water partition coefficient (Wildman–Crippen LogP) is 2.01. The van der Waals surface area contributed by atoms with Crippen LogP contribution in [-0.4, -0.2) is 29.5 Å². The molecule has 0 fully saturated rings. The third kappa shape index (κ3) is 1.37. The molecule has 3 aliphatic carbocycles. The van der Waals surface area contributed by atoms with Gasteiger partial charge in [0.05, 0.1) is 19.3 Å². The molecule has 3 heteroatoms. The zero-order chi connectivity index (χ0) is 13.9. The second kappa shape index (κ2) is 4.08. The van der Waals surface area contributed by atoms with E-state index in [0.29, 0.717) is 0 Å². The van der Waals surface area contributed by atoms with Gasteiger partial charge in [-0.25, -0.2) is 0 Å². The molecule has 2 aromatic rings. The Labute approximate surface area is 117 Å². The Morgan fingerprint density at radius 3 is 1.95 bits per heavy atom. The molecule has 0 amide bonds. The Morgan fingerprint density at radius 1 is 0.800 bits per heavy atom. The number of hydrogen-bond donors (Lipinski definition) is 2. The van der Waals surface area contributed by atoms with Gasteiger partial charge >= 0.3 is 0 Å². The largest absolute Gasteiger partial charge is 0.497 e. The second-order valence-electron chi connectivity index (χ2n) is 5.56. The van der Waals surface area contributed by atoms with Gasteiger partial charge in [-0.1, -0.05) is 30.3 Å². The van der Waals surface area contributed by atoms with Gasteiger partial charge in [-0.2, -0.15) is 0 Å². The lowest BCUT2D eigenvalue weighted by Gasteiger charge is -2.46. The molecule has 0 aliphatic heterocycles. The van der Waals surface area contributed by atoms with Gasteiger partial charge in [-0.05, 0) is 34.4 Å². The lowest BCUT2D eigenvalue weighted by molar-refractivity contribution is -0.0154. The molecular formula is C17H16O3. The molecule has 2 aromatic carbocycles. The van der Waals surface area contributed by atoms with Crippen LogP contribution in [0.2, 0.25) is 0 Å². The molecule has 0 saturated carbocycles. The van der Waals surface area contributed by atoms with Crippen molar-refractivity contribution in [2.75, 3.05) is 7.11 Å². The summed E-state index contributed by atoms with van der Waals surface area (Å²) in [6, 6.07) is 14.0. The molecule has 2 N–H and O–H groups in total. The topological polar surface area (TPSA) is 49.7 Å². The van der Waals surface area contributed by atoms with Gasteiger partial charge in [0.1, 0.15) is 5.75 Å². The number of methoxy groups -OCH3 is 1. The fourth-order valence-electron chi connectivity index (χ4n) is 3.78. The summed E-state index contributed by atoms with van der Waals surface area (Å²) < 4.78 is 5.29. The van der Waals surface area contributed by atoms with E-state index in [1.165, 1.54) is 0 Å². The van der Waals surface area contributed by atoms with Gasteiger partial charge in [-0.15, -0.1) is 0 Å². The van der Waals surface area contributed by atoms with Gasteiger partial charge in [-0.3, -0.25) is 0 Å². The minimum absolute atomic E-state index is 0.146. The monoisotopic (exact) mass is 268 g/mol. The first-order chi connectivity index (χ1) is 9.72. The molecule has 3 aliphatic rings. The molecule has 0 saturated heterocycles. The molecule has 0 heterocycles. The van der Waals surface area contributed by atoms with Crippen LogP contribution in [0.15, 0.2) is 42.5 Å². The number of aliphatic hydroxyl groups is 2. The molecule has 5 rings (SSSR count). The van der Waals surface area contributed by atoms with Gasteiger partial charge < -0.3 is 14.9 Å². The zero-order valence-electron chi connectivity index (χ0n) is 11.2. The van der Waals surface area contributed by atoms with Crippen molar-refractivity contribution in [3.05, 3.63) is 64.7 Å². The molecule has 4 atom stereocenters. The van der Waals surface area contributed by atoms with Gasteiger partial charge in [0.25, 0.3) is 0 Å². The van der Waals surface area contributed by atoms with E-state index < -0.39 is 12.2 Å². The summed E-state index contributed by atoms with van der Waals surface area (Å²) in [4.78, 5) is 0. The van der Waals surface area contributed by atoms with Crippen LogP contribution in [0, 0.1) is 0 Å². The molecular weight excluding hydrogens is 252 g/mol. The van der Waals surface area contributed by atoms with Crippen LogP contribution >= 0.6 is 0 Å². The molecule has 0 radical (unpaired) electrons. The maximum absolute atomic E-state index is 10.4. The van der Waals surface area contributed by atoms with Gasteiger partial charge in [0, 0.05) is 11.8 Å². The number of aliphatic hydroxyl groups excluding tert-OH is 2. The number of hydrogen-bond acceptors (Lipinski definition) is 3. The molecule has 102 valence electrons. The fourth-order valence-corrected chi connectivity index (χ4v) is 3.78. The lowest BCUT2D eigenvalue weighted by atomic mass is 9.61. The normalized spacial score (nSPS) is 29.8. The van der Waals surface area contributed by atoms with E-state index >= 15 is 0 Å². The standard InChI is InChI=1S/C17H16O3/c1-20-9-6-7-12-13(8-9)15-11-5-3-2-4-10(11)14(12)16(18)17(15)19/h2-8,14-19H,1H3/t14-,15+,16-,17+/m1/s1. The number of ether oxygens (including phenoxy) is 1. The van der Waals surface area contributed by atoms with E-state index in [-0.39, 0.29) is 11.8 Å². The Bertz CT molecular complexity index is 680. The van der Waals surface area contributed by atoms with E-state index in [0.717, 1.165) is 28.0 Å². The van der Waals surface area contributed by atoms with Crippen LogP contribution in [0.1, 0.15) is 34.1 Å². The number of rotatable bonds is 1. The van der Waals surface area contributed by atoms with E-state index in [4.69, 9.17) is 4.74 Å². The third-order valence-corrected chi connectivity index (χ3v) is 4.66. The highest BCUT2D eigenvalue weighted by Crippen LogP contribution is 2.53. The smallest absolute Gasteiger partial charge is 0.119 e. The minimum Gasteiger partial charge on any atom is -0.497 e. The molecule has 0 spiro atoms. The van der Waals surface area contributed by atoms with Crippen LogP contribution in [-0.2, 0) is 0 Å². The van der Waals surface area contributed by atoms with Crippen LogP contribution in [0.4, 0.5) is 0 Å². The fraction of sp³-hybridized carbons (Fsp3) is 0.294. The summed E-state index contributed by atoms with van der Waals surface area (Å²) in [5.74, 6) is 0.471. The lowest BCUT2D eigenvalue weighted by Crippen LogP contribution is -2.47. The van der Waals surface area contributed by atoms with Crippen LogP contribution < -0.4 is 4.74 Å². The zero-order valence-corrected chi connectivity index (χ0v) is 11.2. The summed E-state index contributed by atoms with van der Waals surface area (Å²) in [5.41, 5.74) is 4.43. The molecule has 2 bridgehead atoms. The van der Waals surface area contributed by atoms with Crippen LogP contribution in [0.25, 0.3) is 0 Å². The van der Waals surface area contributed by atoms with E-state index in [1.54, 1.807) is 7.11 Å². The third-order valence-electron chi connectivity index (χ3n) is 4.66. The van der Waals surface area contributed by atoms with Gasteiger partial charge in [0.2, 0.25) is 0 Å². The molecule has 3 nitrogen and oxygen atoms in total. The molecule has 20 heavy (non-hydrogen) atoms. The number of fused-ring (bicyclic) bond motifs is 1. The maximum atomic E-state index is 10.4. The van der Waals surface area contributed by atoms with E-state index in [1.807, 2.05) is 36.4 Å². The van der Waals surface area contributed by atoms with E-state index in [2.05, 4.69) is 6.07 Å².